The number of ether oxygens (including phenoxy) is 1. The molecule has 1 heterocycles. The van der Waals surface area contributed by atoms with E-state index in [1.807, 2.05) is 26.0 Å². The van der Waals surface area contributed by atoms with Crippen molar-refractivity contribution in [3.8, 4) is 6.07 Å². The number of aryl methyl sites for hydroxylation is 1. The molecule has 0 bridgehead atoms. The quantitative estimate of drug-likeness (QED) is 0.455. The Morgan fingerprint density at radius 1 is 1.52 bits per heavy atom. The third kappa shape index (κ3) is 4.97. The summed E-state index contributed by atoms with van der Waals surface area (Å²) in [6, 6.07) is 4.20. The number of carbonyl (C=O) groups excluding carboxylic acids is 1. The predicted molar refractivity (Wildman–Crippen MR) is 92.0 cm³/mol. The zero-order valence-corrected chi connectivity index (χ0v) is 14.8. The monoisotopic (exact) mass is 317 g/mol. The number of hydrogen-bond acceptors (Lipinski definition) is 3. The molecule has 1 N–H and O–H groups in total. The summed E-state index contributed by atoms with van der Waals surface area (Å²) < 4.78 is 7.39. The molecule has 0 spiro atoms. The minimum Gasteiger partial charge on any atom is -0.383 e. The fourth-order valence-electron chi connectivity index (χ4n) is 2.72. The van der Waals surface area contributed by atoms with E-state index in [-0.39, 0.29) is 17.5 Å². The SMILES string of the molecule is CCCCNC(=O)/C(C#N)=C/c1cc(C)n(C(C)COC)c1C. The van der Waals surface area contributed by atoms with E-state index in [0.717, 1.165) is 29.8 Å². The first-order valence-electron chi connectivity index (χ1n) is 8.03. The average molecular weight is 317 g/mol. The summed E-state index contributed by atoms with van der Waals surface area (Å²) in [7, 11) is 1.68. The molecular weight excluding hydrogens is 290 g/mol. The van der Waals surface area contributed by atoms with Gasteiger partial charge in [0.05, 0.1) is 12.6 Å². The minimum atomic E-state index is -0.310. The number of hydrogen-bond donors (Lipinski definition) is 1. The van der Waals surface area contributed by atoms with Gasteiger partial charge in [-0.25, -0.2) is 0 Å². The number of carbonyl (C=O) groups is 1. The van der Waals surface area contributed by atoms with E-state index in [9.17, 15) is 10.1 Å². The van der Waals surface area contributed by atoms with Crippen LogP contribution in [0.25, 0.3) is 6.08 Å². The van der Waals surface area contributed by atoms with Gasteiger partial charge in [-0.05, 0) is 44.9 Å². The predicted octanol–water partition coefficient (Wildman–Crippen LogP) is 3.14. The highest BCUT2D eigenvalue weighted by Gasteiger charge is 2.15. The standard InChI is InChI=1S/C18H27N3O2/c1-6-7-8-20-18(22)17(11-19)10-16-9-13(2)21(15(16)4)14(3)12-23-5/h9-10,14H,6-8,12H2,1-5H3,(H,20,22)/b17-10+. The van der Waals surface area contributed by atoms with Crippen LogP contribution >= 0.6 is 0 Å². The summed E-state index contributed by atoms with van der Waals surface area (Å²) in [5.74, 6) is -0.310. The van der Waals surface area contributed by atoms with Crippen molar-refractivity contribution in [2.75, 3.05) is 20.3 Å². The first-order chi connectivity index (χ1) is 11.0. The van der Waals surface area contributed by atoms with Gasteiger partial charge in [0.15, 0.2) is 0 Å². The van der Waals surface area contributed by atoms with Crippen molar-refractivity contribution in [3.05, 3.63) is 28.6 Å². The first kappa shape index (κ1) is 19.0. The Kier molecular flexibility index (Phi) is 7.56. The largest absolute Gasteiger partial charge is 0.383 e. The van der Waals surface area contributed by atoms with E-state index in [0.29, 0.717) is 13.2 Å². The molecule has 1 aromatic heterocycles. The first-order valence-corrected chi connectivity index (χ1v) is 8.03. The molecule has 0 saturated carbocycles. The maximum atomic E-state index is 12.1. The fraction of sp³-hybridized carbons (Fsp3) is 0.556. The lowest BCUT2D eigenvalue weighted by atomic mass is 10.1. The summed E-state index contributed by atoms with van der Waals surface area (Å²) in [5.41, 5.74) is 3.15. The topological polar surface area (TPSA) is 67.0 Å². The highest BCUT2D eigenvalue weighted by atomic mass is 16.5. The van der Waals surface area contributed by atoms with Crippen LogP contribution in [0.15, 0.2) is 11.6 Å². The van der Waals surface area contributed by atoms with E-state index in [1.165, 1.54) is 0 Å². The Morgan fingerprint density at radius 3 is 2.78 bits per heavy atom. The average Bonchev–Trinajstić information content (AvgIpc) is 2.79. The highest BCUT2D eigenvalue weighted by Crippen LogP contribution is 2.22. The van der Waals surface area contributed by atoms with Gasteiger partial charge in [-0.15, -0.1) is 0 Å². The number of nitriles is 1. The normalized spacial score (nSPS) is 12.8. The van der Waals surface area contributed by atoms with Crippen molar-refractivity contribution in [2.45, 2.75) is 46.6 Å². The van der Waals surface area contributed by atoms with Crippen molar-refractivity contribution in [3.63, 3.8) is 0 Å². The van der Waals surface area contributed by atoms with Crippen molar-refractivity contribution >= 4 is 12.0 Å². The second-order valence-electron chi connectivity index (χ2n) is 5.78. The molecule has 5 heteroatoms. The van der Waals surface area contributed by atoms with Crippen LogP contribution in [0.3, 0.4) is 0 Å². The third-order valence-electron chi connectivity index (χ3n) is 3.85. The zero-order valence-electron chi connectivity index (χ0n) is 14.8. The highest BCUT2D eigenvalue weighted by molar-refractivity contribution is 6.01. The number of rotatable bonds is 8. The Labute approximate surface area is 138 Å². The maximum Gasteiger partial charge on any atom is 0.261 e. The number of nitrogens with zero attached hydrogens (tertiary/aromatic N) is 2. The second-order valence-corrected chi connectivity index (χ2v) is 5.78. The molecule has 0 aliphatic rings. The second kappa shape index (κ2) is 9.16. The lowest BCUT2D eigenvalue weighted by Crippen LogP contribution is -2.25. The Balaban J connectivity index is 3.03. The van der Waals surface area contributed by atoms with Crippen molar-refractivity contribution in [1.29, 1.82) is 5.26 Å². The van der Waals surface area contributed by atoms with Gasteiger partial charge in [0.1, 0.15) is 11.6 Å². The molecule has 0 radical (unpaired) electrons. The van der Waals surface area contributed by atoms with Gasteiger partial charge in [-0.3, -0.25) is 4.79 Å². The number of nitrogens with one attached hydrogen (secondary N) is 1. The van der Waals surface area contributed by atoms with E-state index in [4.69, 9.17) is 4.74 Å². The molecule has 0 aliphatic carbocycles. The van der Waals surface area contributed by atoms with Gasteiger partial charge in [0, 0.05) is 25.0 Å². The number of methoxy groups -OCH3 is 1. The van der Waals surface area contributed by atoms with Gasteiger partial charge in [-0.2, -0.15) is 5.26 Å². The molecule has 0 aliphatic heterocycles. The summed E-state index contributed by atoms with van der Waals surface area (Å²) in [4.78, 5) is 12.1. The van der Waals surface area contributed by atoms with Crippen LogP contribution in [-0.2, 0) is 9.53 Å². The molecule has 23 heavy (non-hydrogen) atoms. The Morgan fingerprint density at radius 2 is 2.22 bits per heavy atom. The van der Waals surface area contributed by atoms with Crippen LogP contribution in [0.5, 0.6) is 0 Å². The van der Waals surface area contributed by atoms with E-state index < -0.39 is 0 Å². The van der Waals surface area contributed by atoms with Crippen molar-refractivity contribution in [2.24, 2.45) is 0 Å². The number of aromatic nitrogens is 1. The molecule has 0 fully saturated rings. The molecule has 1 unspecified atom stereocenters. The zero-order chi connectivity index (χ0) is 17.4. The molecule has 126 valence electrons. The number of unbranched alkanes of at least 4 members (excludes halogenated alkanes) is 1. The van der Waals surface area contributed by atoms with Crippen LogP contribution in [0.2, 0.25) is 0 Å². The molecule has 0 aromatic carbocycles. The van der Waals surface area contributed by atoms with Gasteiger partial charge < -0.3 is 14.6 Å². The molecular formula is C18H27N3O2. The third-order valence-corrected chi connectivity index (χ3v) is 3.85. The Bertz CT molecular complexity index is 609. The van der Waals surface area contributed by atoms with Crippen LogP contribution in [-0.4, -0.2) is 30.7 Å². The van der Waals surface area contributed by atoms with E-state index >= 15 is 0 Å². The number of amides is 1. The summed E-state index contributed by atoms with van der Waals surface area (Å²) in [5, 5.41) is 12.1. The lowest BCUT2D eigenvalue weighted by molar-refractivity contribution is -0.117. The molecule has 5 nitrogen and oxygen atoms in total. The van der Waals surface area contributed by atoms with Gasteiger partial charge >= 0.3 is 0 Å². The minimum absolute atomic E-state index is 0.140. The molecule has 1 aromatic rings. The van der Waals surface area contributed by atoms with Crippen LogP contribution in [0, 0.1) is 25.2 Å². The van der Waals surface area contributed by atoms with Gasteiger partial charge in [0.2, 0.25) is 0 Å². The lowest BCUT2D eigenvalue weighted by Gasteiger charge is -2.17. The summed E-state index contributed by atoms with van der Waals surface area (Å²) in [6.45, 7) is 9.36. The molecule has 1 amide bonds. The van der Waals surface area contributed by atoms with E-state index in [2.05, 4.69) is 23.7 Å². The van der Waals surface area contributed by atoms with Crippen molar-refractivity contribution < 1.29 is 9.53 Å². The van der Waals surface area contributed by atoms with Gasteiger partial charge in [-0.1, -0.05) is 13.3 Å². The summed E-state index contributed by atoms with van der Waals surface area (Å²) in [6.07, 6.45) is 3.58. The molecule has 1 rings (SSSR count). The van der Waals surface area contributed by atoms with Crippen molar-refractivity contribution in [1.82, 2.24) is 9.88 Å². The molecule has 1 atom stereocenters. The van der Waals surface area contributed by atoms with E-state index in [1.54, 1.807) is 13.2 Å². The Hall–Kier alpha value is -2.06. The van der Waals surface area contributed by atoms with Gasteiger partial charge in [0.25, 0.3) is 5.91 Å². The fourth-order valence-corrected chi connectivity index (χ4v) is 2.72. The van der Waals surface area contributed by atoms with Crippen LogP contribution in [0.1, 0.15) is 49.7 Å². The van der Waals surface area contributed by atoms with Crippen LogP contribution in [0.4, 0.5) is 0 Å². The van der Waals surface area contributed by atoms with Crippen LogP contribution < -0.4 is 5.32 Å². The molecule has 0 saturated heterocycles. The summed E-state index contributed by atoms with van der Waals surface area (Å²) >= 11 is 0. The smallest absolute Gasteiger partial charge is 0.261 e. The maximum absolute atomic E-state index is 12.1.